The lowest BCUT2D eigenvalue weighted by molar-refractivity contribution is 0.0996. The lowest BCUT2D eigenvalue weighted by atomic mass is 10.2. The third-order valence-electron chi connectivity index (χ3n) is 1.85. The maximum atomic E-state index is 10.8. The molecule has 80 valence electrons. The van der Waals surface area contributed by atoms with E-state index in [1.165, 1.54) is 0 Å². The number of hydrogen-bond acceptors (Lipinski definition) is 2. The second kappa shape index (κ2) is 5.53. The average Bonchev–Trinajstić information content (AvgIpc) is 2.17. The number of hydrogen-bond donors (Lipinski definition) is 1. The quantitative estimate of drug-likeness (QED) is 0.837. The van der Waals surface area contributed by atoms with Gasteiger partial charge in [-0.1, -0.05) is 24.3 Å². The van der Waals surface area contributed by atoms with Gasteiger partial charge in [0.05, 0.1) is 5.52 Å². The summed E-state index contributed by atoms with van der Waals surface area (Å²) in [7, 11) is 0. The van der Waals surface area contributed by atoms with Gasteiger partial charge in [0.2, 0.25) is 0 Å². The number of para-hydroxylation sites is 1. The highest BCUT2D eigenvalue weighted by molar-refractivity contribution is 5.93. The van der Waals surface area contributed by atoms with Crippen molar-refractivity contribution in [3.63, 3.8) is 0 Å². The molecule has 0 atom stereocenters. The normalized spacial score (nSPS) is 8.80. The first-order valence-electron chi connectivity index (χ1n) is 3.93. The summed E-state index contributed by atoms with van der Waals surface area (Å²) in [6.07, 6.45) is 0. The summed E-state index contributed by atoms with van der Waals surface area (Å²) in [5, 5.41) is 1.01. The first kappa shape index (κ1) is 13.7. The van der Waals surface area contributed by atoms with Gasteiger partial charge < -0.3 is 5.73 Å². The first-order valence-corrected chi connectivity index (χ1v) is 3.93. The minimum Gasteiger partial charge on any atom is -0.364 e. The Kier molecular flexibility index (Phi) is 5.05. The summed E-state index contributed by atoms with van der Waals surface area (Å²) in [6, 6.07) is 11.1. The number of carbonyl (C=O) groups excluding carboxylic acids is 1. The largest absolute Gasteiger partial charge is 0.364 e. The van der Waals surface area contributed by atoms with Crippen molar-refractivity contribution >= 4 is 41.6 Å². The van der Waals surface area contributed by atoms with E-state index in [0.717, 1.165) is 10.9 Å². The van der Waals surface area contributed by atoms with Crippen LogP contribution in [0.5, 0.6) is 0 Å². The van der Waals surface area contributed by atoms with Gasteiger partial charge in [0.1, 0.15) is 5.69 Å². The van der Waals surface area contributed by atoms with Crippen LogP contribution in [0.2, 0.25) is 0 Å². The fourth-order valence-electron chi connectivity index (χ4n) is 1.20. The molecule has 1 aromatic carbocycles. The fraction of sp³-hybridized carbons (Fsp3) is 0. The molecule has 2 N–H and O–H groups in total. The topological polar surface area (TPSA) is 56.0 Å². The van der Waals surface area contributed by atoms with Gasteiger partial charge >= 0.3 is 0 Å². The van der Waals surface area contributed by atoms with Crippen molar-refractivity contribution < 1.29 is 4.79 Å². The molecular weight excluding hydrogens is 235 g/mol. The second-order valence-corrected chi connectivity index (χ2v) is 2.75. The number of pyridine rings is 1. The number of rotatable bonds is 1. The molecule has 1 aromatic heterocycles. The van der Waals surface area contributed by atoms with E-state index in [1.807, 2.05) is 30.3 Å². The number of primary amides is 1. The van der Waals surface area contributed by atoms with Crippen LogP contribution in [0.15, 0.2) is 36.4 Å². The maximum absolute atomic E-state index is 10.8. The molecule has 0 aliphatic heterocycles. The molecule has 0 aliphatic carbocycles. The standard InChI is InChI=1S/C10H8N2O.2ClH/c11-10(13)9-6-5-7-3-1-2-4-8(7)12-9;;/h1-6H,(H2,11,13);2*1H. The van der Waals surface area contributed by atoms with Crippen molar-refractivity contribution in [3.8, 4) is 0 Å². The smallest absolute Gasteiger partial charge is 0.267 e. The van der Waals surface area contributed by atoms with Crippen LogP contribution in [-0.2, 0) is 0 Å². The average molecular weight is 245 g/mol. The Bertz CT molecular complexity index is 474. The molecular formula is C10H10Cl2N2O. The van der Waals surface area contributed by atoms with Crippen LogP contribution in [0.1, 0.15) is 10.5 Å². The lowest BCUT2D eigenvalue weighted by Crippen LogP contribution is -2.12. The van der Waals surface area contributed by atoms with Gasteiger partial charge in [0.15, 0.2) is 0 Å². The summed E-state index contributed by atoms with van der Waals surface area (Å²) in [5.41, 5.74) is 6.20. The molecule has 1 amide bonds. The zero-order valence-electron chi connectivity index (χ0n) is 7.71. The van der Waals surface area contributed by atoms with Gasteiger partial charge in [-0.05, 0) is 12.1 Å². The van der Waals surface area contributed by atoms with E-state index < -0.39 is 5.91 Å². The maximum Gasteiger partial charge on any atom is 0.267 e. The van der Waals surface area contributed by atoms with E-state index in [4.69, 9.17) is 5.73 Å². The van der Waals surface area contributed by atoms with E-state index in [1.54, 1.807) is 6.07 Å². The number of halogens is 2. The van der Waals surface area contributed by atoms with Crippen LogP contribution in [0.25, 0.3) is 10.9 Å². The third-order valence-corrected chi connectivity index (χ3v) is 1.85. The van der Waals surface area contributed by atoms with Gasteiger partial charge in [0, 0.05) is 5.39 Å². The van der Waals surface area contributed by atoms with Crippen LogP contribution >= 0.6 is 24.8 Å². The number of nitrogens with two attached hydrogens (primary N) is 1. The van der Waals surface area contributed by atoms with Crippen molar-refractivity contribution in [2.75, 3.05) is 0 Å². The Morgan fingerprint density at radius 3 is 2.40 bits per heavy atom. The number of nitrogens with zero attached hydrogens (tertiary/aromatic N) is 1. The van der Waals surface area contributed by atoms with Crippen molar-refractivity contribution in [2.45, 2.75) is 0 Å². The zero-order valence-corrected chi connectivity index (χ0v) is 9.35. The Morgan fingerprint density at radius 1 is 1.07 bits per heavy atom. The summed E-state index contributed by atoms with van der Waals surface area (Å²) < 4.78 is 0. The molecule has 0 spiro atoms. The zero-order chi connectivity index (χ0) is 9.26. The third kappa shape index (κ3) is 2.81. The van der Waals surface area contributed by atoms with Crippen LogP contribution in [0, 0.1) is 0 Å². The number of benzene rings is 1. The van der Waals surface area contributed by atoms with Crippen molar-refractivity contribution in [1.82, 2.24) is 4.98 Å². The molecule has 0 saturated heterocycles. The number of amides is 1. The van der Waals surface area contributed by atoms with Gasteiger partial charge in [-0.15, -0.1) is 24.8 Å². The second-order valence-electron chi connectivity index (χ2n) is 2.75. The highest BCUT2D eigenvalue weighted by Crippen LogP contribution is 2.10. The molecule has 0 fully saturated rings. The molecule has 0 bridgehead atoms. The van der Waals surface area contributed by atoms with E-state index in [2.05, 4.69) is 4.98 Å². The van der Waals surface area contributed by atoms with Gasteiger partial charge in [0.25, 0.3) is 5.91 Å². The predicted molar refractivity (Wildman–Crippen MR) is 64.8 cm³/mol. The monoisotopic (exact) mass is 244 g/mol. The Labute approximate surface area is 99.5 Å². The molecule has 5 heteroatoms. The summed E-state index contributed by atoms with van der Waals surface area (Å²) >= 11 is 0. The van der Waals surface area contributed by atoms with E-state index >= 15 is 0 Å². The van der Waals surface area contributed by atoms with Gasteiger partial charge in [-0.25, -0.2) is 4.98 Å². The van der Waals surface area contributed by atoms with Crippen LogP contribution in [0.4, 0.5) is 0 Å². The van der Waals surface area contributed by atoms with E-state index in [0.29, 0.717) is 5.69 Å². The summed E-state index contributed by atoms with van der Waals surface area (Å²) in [4.78, 5) is 14.9. The van der Waals surface area contributed by atoms with E-state index in [-0.39, 0.29) is 24.8 Å². The molecule has 1 heterocycles. The fourth-order valence-corrected chi connectivity index (χ4v) is 1.20. The molecule has 0 aliphatic rings. The predicted octanol–water partition coefficient (Wildman–Crippen LogP) is 2.18. The first-order chi connectivity index (χ1) is 6.27. The molecule has 15 heavy (non-hydrogen) atoms. The molecule has 0 saturated carbocycles. The molecule has 2 aromatic rings. The van der Waals surface area contributed by atoms with Gasteiger partial charge in [-0.2, -0.15) is 0 Å². The molecule has 3 nitrogen and oxygen atoms in total. The van der Waals surface area contributed by atoms with Crippen molar-refractivity contribution in [3.05, 3.63) is 42.1 Å². The van der Waals surface area contributed by atoms with E-state index in [9.17, 15) is 4.79 Å². The Balaban J connectivity index is 0.000000980. The minimum atomic E-state index is -0.495. The highest BCUT2D eigenvalue weighted by atomic mass is 35.5. The minimum absolute atomic E-state index is 0. The van der Waals surface area contributed by atoms with Crippen molar-refractivity contribution in [2.24, 2.45) is 5.73 Å². The highest BCUT2D eigenvalue weighted by Gasteiger charge is 2.01. The van der Waals surface area contributed by atoms with Crippen LogP contribution in [0.3, 0.4) is 0 Å². The SMILES string of the molecule is Cl.Cl.NC(=O)c1ccc2ccccc2n1. The van der Waals surface area contributed by atoms with Crippen LogP contribution < -0.4 is 5.73 Å². The summed E-state index contributed by atoms with van der Waals surface area (Å²) in [6.45, 7) is 0. The van der Waals surface area contributed by atoms with Crippen LogP contribution in [-0.4, -0.2) is 10.9 Å². The van der Waals surface area contributed by atoms with Gasteiger partial charge in [-0.3, -0.25) is 4.79 Å². The van der Waals surface area contributed by atoms with Crippen molar-refractivity contribution in [1.29, 1.82) is 0 Å². The number of carbonyl (C=O) groups is 1. The number of aromatic nitrogens is 1. The number of fused-ring (bicyclic) bond motifs is 1. The molecule has 0 unspecified atom stereocenters. The molecule has 0 radical (unpaired) electrons. The Morgan fingerprint density at radius 2 is 1.73 bits per heavy atom. The molecule has 2 rings (SSSR count). The summed E-state index contributed by atoms with van der Waals surface area (Å²) in [5.74, 6) is -0.495. The Hall–Kier alpha value is -1.32. The lowest BCUT2D eigenvalue weighted by Gasteiger charge is -1.97.